The monoisotopic (exact) mass is 285 g/mol. The van der Waals surface area contributed by atoms with Crippen LogP contribution in [0.2, 0.25) is 0 Å². The van der Waals surface area contributed by atoms with Gasteiger partial charge in [-0.15, -0.1) is 0 Å². The standard InChI is InChI=1S/C16H33N2O2/c1-5-8-9-10-11-16(20)17(4)12-13-18(6-2,7-3)14-15-19/h8-9,19H,5-7,10-15H2,1-4H3/q+1/b9-8+. The van der Waals surface area contributed by atoms with Gasteiger partial charge in [0.2, 0.25) is 5.91 Å². The Balaban J connectivity index is 4.20. The van der Waals surface area contributed by atoms with Crippen LogP contribution in [0.5, 0.6) is 0 Å². The molecule has 0 radical (unpaired) electrons. The van der Waals surface area contributed by atoms with E-state index >= 15 is 0 Å². The molecule has 1 amide bonds. The quantitative estimate of drug-likeness (QED) is 0.466. The number of likely N-dealkylation sites (N-methyl/N-ethyl adjacent to an activating group) is 2. The third-order valence-electron chi connectivity index (χ3n) is 4.18. The number of rotatable bonds is 11. The molecule has 0 atom stereocenters. The Kier molecular flexibility index (Phi) is 10.4. The predicted octanol–water partition coefficient (Wildman–Crippen LogP) is 2.04. The fourth-order valence-corrected chi connectivity index (χ4v) is 2.35. The minimum atomic E-state index is 0.208. The Morgan fingerprint density at radius 2 is 1.80 bits per heavy atom. The Hall–Kier alpha value is -0.870. The normalized spacial score (nSPS) is 12.1. The highest BCUT2D eigenvalue weighted by atomic mass is 16.3. The molecular formula is C16H33N2O2+. The van der Waals surface area contributed by atoms with Crippen LogP contribution < -0.4 is 0 Å². The van der Waals surface area contributed by atoms with Crippen molar-refractivity contribution in [2.45, 2.75) is 40.0 Å². The van der Waals surface area contributed by atoms with Crippen molar-refractivity contribution >= 4 is 5.91 Å². The maximum Gasteiger partial charge on any atom is 0.222 e. The number of carbonyl (C=O) groups excluding carboxylic acids is 1. The summed E-state index contributed by atoms with van der Waals surface area (Å²) in [6.07, 6.45) is 6.62. The molecule has 20 heavy (non-hydrogen) atoms. The van der Waals surface area contributed by atoms with Gasteiger partial charge in [-0.2, -0.15) is 0 Å². The average molecular weight is 285 g/mol. The lowest BCUT2D eigenvalue weighted by Crippen LogP contribution is -2.53. The molecule has 0 saturated carbocycles. The SMILES string of the molecule is CC/C=C/CCC(=O)N(C)CC[N+](CC)(CC)CCO. The number of carbonyl (C=O) groups is 1. The molecule has 0 fully saturated rings. The van der Waals surface area contributed by atoms with Crippen molar-refractivity contribution in [3.05, 3.63) is 12.2 Å². The second-order valence-corrected chi connectivity index (χ2v) is 5.38. The van der Waals surface area contributed by atoms with Gasteiger partial charge < -0.3 is 14.5 Å². The molecule has 0 heterocycles. The Morgan fingerprint density at radius 3 is 2.30 bits per heavy atom. The fraction of sp³-hybridized carbons (Fsp3) is 0.812. The summed E-state index contributed by atoms with van der Waals surface area (Å²) >= 11 is 0. The molecule has 0 aliphatic heterocycles. The molecule has 0 aliphatic carbocycles. The van der Waals surface area contributed by atoms with Gasteiger partial charge in [0.05, 0.1) is 32.8 Å². The minimum Gasteiger partial charge on any atom is -0.391 e. The number of allylic oxidation sites excluding steroid dienone is 2. The van der Waals surface area contributed by atoms with Crippen LogP contribution in [0.1, 0.15) is 40.0 Å². The largest absolute Gasteiger partial charge is 0.391 e. The lowest BCUT2D eigenvalue weighted by molar-refractivity contribution is -0.924. The van der Waals surface area contributed by atoms with Crippen molar-refractivity contribution in [3.63, 3.8) is 0 Å². The average Bonchev–Trinajstić information content (AvgIpc) is 2.47. The van der Waals surface area contributed by atoms with Gasteiger partial charge in [-0.25, -0.2) is 0 Å². The summed E-state index contributed by atoms with van der Waals surface area (Å²) in [6.45, 7) is 11.1. The molecular weight excluding hydrogens is 252 g/mol. The first kappa shape index (κ1) is 19.1. The van der Waals surface area contributed by atoms with Crippen molar-refractivity contribution in [2.75, 3.05) is 46.4 Å². The third-order valence-corrected chi connectivity index (χ3v) is 4.18. The van der Waals surface area contributed by atoms with E-state index in [0.29, 0.717) is 6.42 Å². The van der Waals surface area contributed by atoms with E-state index in [1.54, 1.807) is 0 Å². The number of aliphatic hydroxyl groups is 1. The van der Waals surface area contributed by atoms with Crippen molar-refractivity contribution in [3.8, 4) is 0 Å². The van der Waals surface area contributed by atoms with E-state index in [-0.39, 0.29) is 12.5 Å². The second kappa shape index (κ2) is 10.9. The minimum absolute atomic E-state index is 0.208. The number of quaternary nitrogens is 1. The topological polar surface area (TPSA) is 40.5 Å². The highest BCUT2D eigenvalue weighted by Gasteiger charge is 2.23. The van der Waals surface area contributed by atoms with Crippen molar-refractivity contribution in [1.82, 2.24) is 4.90 Å². The third kappa shape index (κ3) is 7.06. The number of hydrogen-bond acceptors (Lipinski definition) is 2. The Bertz CT molecular complexity index is 286. The van der Waals surface area contributed by atoms with E-state index in [9.17, 15) is 9.90 Å². The first-order valence-corrected chi connectivity index (χ1v) is 7.90. The molecule has 1 N–H and O–H groups in total. The van der Waals surface area contributed by atoms with Gasteiger partial charge in [0.15, 0.2) is 0 Å². The van der Waals surface area contributed by atoms with Crippen molar-refractivity contribution in [2.24, 2.45) is 0 Å². The molecule has 0 bridgehead atoms. The van der Waals surface area contributed by atoms with Crippen molar-refractivity contribution in [1.29, 1.82) is 0 Å². The van der Waals surface area contributed by atoms with E-state index in [0.717, 1.165) is 50.0 Å². The fourth-order valence-electron chi connectivity index (χ4n) is 2.35. The smallest absolute Gasteiger partial charge is 0.222 e. The molecule has 0 spiro atoms. The molecule has 4 heteroatoms. The molecule has 0 aromatic rings. The first-order chi connectivity index (χ1) is 9.55. The summed E-state index contributed by atoms with van der Waals surface area (Å²) in [6, 6.07) is 0. The van der Waals surface area contributed by atoms with E-state index in [1.807, 2.05) is 11.9 Å². The highest BCUT2D eigenvalue weighted by molar-refractivity contribution is 5.75. The van der Waals surface area contributed by atoms with E-state index < -0.39 is 0 Å². The van der Waals surface area contributed by atoms with Gasteiger partial charge in [0, 0.05) is 13.5 Å². The molecule has 4 nitrogen and oxygen atoms in total. The van der Waals surface area contributed by atoms with Crippen LogP contribution in [0.4, 0.5) is 0 Å². The number of aliphatic hydroxyl groups excluding tert-OH is 1. The van der Waals surface area contributed by atoms with Crippen LogP contribution in [0.15, 0.2) is 12.2 Å². The number of hydrogen-bond donors (Lipinski definition) is 1. The maximum atomic E-state index is 12.0. The van der Waals surface area contributed by atoms with Gasteiger partial charge in [-0.05, 0) is 26.7 Å². The van der Waals surface area contributed by atoms with Crippen LogP contribution in [0, 0.1) is 0 Å². The van der Waals surface area contributed by atoms with Crippen LogP contribution in [0.25, 0.3) is 0 Å². The highest BCUT2D eigenvalue weighted by Crippen LogP contribution is 2.07. The Morgan fingerprint density at radius 1 is 1.15 bits per heavy atom. The zero-order valence-electron chi connectivity index (χ0n) is 13.8. The van der Waals surface area contributed by atoms with Gasteiger partial charge >= 0.3 is 0 Å². The summed E-state index contributed by atoms with van der Waals surface area (Å²) in [5, 5.41) is 9.20. The second-order valence-electron chi connectivity index (χ2n) is 5.38. The van der Waals surface area contributed by atoms with Gasteiger partial charge in [-0.1, -0.05) is 19.1 Å². The number of amides is 1. The lowest BCUT2D eigenvalue weighted by atomic mass is 10.2. The lowest BCUT2D eigenvalue weighted by Gasteiger charge is -2.37. The zero-order chi connectivity index (χ0) is 15.4. The molecule has 118 valence electrons. The summed E-state index contributed by atoms with van der Waals surface area (Å²) in [7, 11) is 1.88. The molecule has 0 rings (SSSR count). The summed E-state index contributed by atoms with van der Waals surface area (Å²) in [5.41, 5.74) is 0. The first-order valence-electron chi connectivity index (χ1n) is 7.90. The van der Waals surface area contributed by atoms with Gasteiger partial charge in [0.1, 0.15) is 6.54 Å². The van der Waals surface area contributed by atoms with Crippen LogP contribution in [-0.2, 0) is 4.79 Å². The predicted molar refractivity (Wildman–Crippen MR) is 84.5 cm³/mol. The van der Waals surface area contributed by atoms with Crippen LogP contribution in [0.3, 0.4) is 0 Å². The molecule has 0 saturated heterocycles. The molecule has 0 aliphatic rings. The van der Waals surface area contributed by atoms with Crippen molar-refractivity contribution < 1.29 is 14.4 Å². The van der Waals surface area contributed by atoms with Gasteiger partial charge in [0.25, 0.3) is 0 Å². The number of nitrogens with zero attached hydrogens (tertiary/aromatic N) is 2. The molecule has 0 aromatic carbocycles. The summed E-state index contributed by atoms with van der Waals surface area (Å²) < 4.78 is 0.879. The molecule has 0 aromatic heterocycles. The Labute approximate surface area is 124 Å². The summed E-state index contributed by atoms with van der Waals surface area (Å²) in [5.74, 6) is 0.208. The van der Waals surface area contributed by atoms with E-state index in [4.69, 9.17) is 0 Å². The van der Waals surface area contributed by atoms with Crippen LogP contribution >= 0.6 is 0 Å². The van der Waals surface area contributed by atoms with Gasteiger partial charge in [-0.3, -0.25) is 4.79 Å². The maximum absolute atomic E-state index is 12.0. The summed E-state index contributed by atoms with van der Waals surface area (Å²) in [4.78, 5) is 13.8. The van der Waals surface area contributed by atoms with E-state index in [1.165, 1.54) is 0 Å². The van der Waals surface area contributed by atoms with Crippen LogP contribution in [-0.4, -0.2) is 66.8 Å². The molecule has 0 unspecified atom stereocenters. The van der Waals surface area contributed by atoms with E-state index in [2.05, 4.69) is 32.9 Å². The zero-order valence-corrected chi connectivity index (χ0v) is 13.8.